The molecule has 0 saturated carbocycles. The first-order chi connectivity index (χ1) is 14.4. The second-order valence-corrected chi connectivity index (χ2v) is 8.29. The minimum Gasteiger partial charge on any atom is -0.466 e. The maximum absolute atomic E-state index is 11.2. The molecule has 0 aliphatic carbocycles. The van der Waals surface area contributed by atoms with Gasteiger partial charge in [0, 0.05) is 11.1 Å². The number of primary amides is 1. The Hall–Kier alpha value is -1.58. The third kappa shape index (κ3) is 24.5. The minimum absolute atomic E-state index is 0.254. The number of esters is 1. The molecular weight excluding hydrogens is 374 g/mol. The fourth-order valence-corrected chi connectivity index (χ4v) is 3.13. The Labute approximate surface area is 186 Å². The number of hydrogen-bond acceptors (Lipinski definition) is 3. The Morgan fingerprint density at radius 3 is 1.27 bits per heavy atom. The smallest absolute Gasteiger partial charge is 0.333 e. The van der Waals surface area contributed by atoms with E-state index in [2.05, 4.69) is 24.8 Å². The number of unbranched alkanes of at least 4 members (excludes halogenated alkanes) is 15. The molecule has 4 heteroatoms. The molecule has 0 aliphatic rings. The number of carbonyl (C=O) groups excluding carboxylic acids is 2. The average Bonchev–Trinajstić information content (AvgIpc) is 2.72. The second-order valence-electron chi connectivity index (χ2n) is 8.29. The Kier molecular flexibility index (Phi) is 24.2. The van der Waals surface area contributed by atoms with Crippen LogP contribution in [0.5, 0.6) is 0 Å². The number of amides is 1. The summed E-state index contributed by atoms with van der Waals surface area (Å²) in [4.78, 5) is 21.0. The summed E-state index contributed by atoms with van der Waals surface area (Å²) in [6, 6.07) is 0. The van der Waals surface area contributed by atoms with Crippen LogP contribution in [-0.4, -0.2) is 19.0 Å². The van der Waals surface area contributed by atoms with Gasteiger partial charge >= 0.3 is 5.97 Å². The van der Waals surface area contributed by atoms with E-state index in [4.69, 9.17) is 5.73 Å². The van der Waals surface area contributed by atoms with Crippen LogP contribution in [0.4, 0.5) is 0 Å². The van der Waals surface area contributed by atoms with Gasteiger partial charge < -0.3 is 10.5 Å². The third-order valence-corrected chi connectivity index (χ3v) is 5.23. The lowest BCUT2D eigenvalue weighted by Crippen LogP contribution is -2.10. The molecule has 176 valence electrons. The summed E-state index contributed by atoms with van der Waals surface area (Å²) in [5.74, 6) is -0.689. The second kappa shape index (κ2) is 23.7. The maximum atomic E-state index is 11.2. The predicted molar refractivity (Wildman–Crippen MR) is 129 cm³/mol. The van der Waals surface area contributed by atoms with Crippen LogP contribution in [0, 0.1) is 0 Å². The number of methoxy groups -OCH3 is 1. The van der Waals surface area contributed by atoms with E-state index in [0.29, 0.717) is 11.1 Å². The van der Waals surface area contributed by atoms with Crippen molar-refractivity contribution in [2.45, 2.75) is 123 Å². The van der Waals surface area contributed by atoms with Crippen molar-refractivity contribution < 1.29 is 14.3 Å². The van der Waals surface area contributed by atoms with Crippen LogP contribution in [0.15, 0.2) is 24.3 Å². The van der Waals surface area contributed by atoms with Crippen molar-refractivity contribution >= 4 is 11.9 Å². The van der Waals surface area contributed by atoms with Gasteiger partial charge in [0.1, 0.15) is 0 Å². The number of rotatable bonds is 19. The van der Waals surface area contributed by atoms with E-state index in [1.165, 1.54) is 103 Å². The van der Waals surface area contributed by atoms with Gasteiger partial charge in [-0.1, -0.05) is 116 Å². The van der Waals surface area contributed by atoms with Crippen molar-refractivity contribution in [2.24, 2.45) is 5.73 Å². The molecule has 30 heavy (non-hydrogen) atoms. The largest absolute Gasteiger partial charge is 0.466 e. The number of ether oxygens (including phenoxy) is 1. The zero-order chi connectivity index (χ0) is 23.0. The molecule has 0 unspecified atom stereocenters. The van der Waals surface area contributed by atoms with E-state index in [9.17, 15) is 9.59 Å². The molecule has 0 bridgehead atoms. The van der Waals surface area contributed by atoms with Gasteiger partial charge in [0.05, 0.1) is 7.11 Å². The third-order valence-electron chi connectivity index (χ3n) is 5.23. The summed E-state index contributed by atoms with van der Waals surface area (Å²) in [6.45, 7) is 10.9. The number of hydrogen-bond donors (Lipinski definition) is 1. The topological polar surface area (TPSA) is 69.4 Å². The summed E-state index contributed by atoms with van der Waals surface area (Å²) < 4.78 is 4.65. The maximum Gasteiger partial charge on any atom is 0.333 e. The van der Waals surface area contributed by atoms with E-state index in [1.807, 2.05) is 0 Å². The molecular formula is C26H49NO3. The van der Waals surface area contributed by atoms with Crippen LogP contribution in [0.25, 0.3) is 0 Å². The summed E-state index contributed by atoms with van der Waals surface area (Å²) in [5.41, 5.74) is 5.71. The lowest BCUT2D eigenvalue weighted by atomic mass is 10.0. The molecule has 0 aliphatic heterocycles. The molecule has 0 radical (unpaired) electrons. The van der Waals surface area contributed by atoms with Gasteiger partial charge in [-0.3, -0.25) is 4.79 Å². The molecule has 0 spiro atoms. The van der Waals surface area contributed by atoms with Gasteiger partial charge in [-0.25, -0.2) is 4.79 Å². The summed E-state index contributed by atoms with van der Waals surface area (Å²) in [6.07, 6.45) is 22.7. The summed E-state index contributed by atoms with van der Waals surface area (Å²) in [7, 11) is 1.42. The van der Waals surface area contributed by atoms with Crippen molar-refractivity contribution in [2.75, 3.05) is 7.11 Å². The van der Waals surface area contributed by atoms with Gasteiger partial charge in [-0.15, -0.1) is 0 Å². The molecule has 0 heterocycles. The standard InChI is InChI=1S/C22H42O2.C4H7NO/c1-4-5-6-7-8-9-10-11-12-13-14-15-16-17-18-19-20-21(2)22(23)24-3;1-3(2)4(5)6/h2,4-20H2,1,3H3;1H2,2H3,(H2,5,6). The van der Waals surface area contributed by atoms with E-state index in [1.54, 1.807) is 6.92 Å². The Morgan fingerprint density at radius 2 is 1.00 bits per heavy atom. The van der Waals surface area contributed by atoms with Crippen LogP contribution in [0.1, 0.15) is 123 Å². The van der Waals surface area contributed by atoms with Crippen molar-refractivity contribution in [3.63, 3.8) is 0 Å². The van der Waals surface area contributed by atoms with E-state index in [0.717, 1.165) is 12.8 Å². The van der Waals surface area contributed by atoms with Crippen molar-refractivity contribution in [3.8, 4) is 0 Å². The Morgan fingerprint density at radius 1 is 0.700 bits per heavy atom. The van der Waals surface area contributed by atoms with Gasteiger partial charge in [0.2, 0.25) is 5.91 Å². The van der Waals surface area contributed by atoms with Crippen molar-refractivity contribution in [1.82, 2.24) is 0 Å². The van der Waals surface area contributed by atoms with Crippen LogP contribution >= 0.6 is 0 Å². The predicted octanol–water partition coefficient (Wildman–Crippen LogP) is 7.42. The van der Waals surface area contributed by atoms with Gasteiger partial charge in [0.15, 0.2) is 0 Å². The fourth-order valence-electron chi connectivity index (χ4n) is 3.13. The monoisotopic (exact) mass is 423 g/mol. The van der Waals surface area contributed by atoms with Crippen molar-refractivity contribution in [3.05, 3.63) is 24.3 Å². The van der Waals surface area contributed by atoms with Crippen LogP contribution < -0.4 is 5.73 Å². The molecule has 4 nitrogen and oxygen atoms in total. The van der Waals surface area contributed by atoms with Crippen molar-refractivity contribution in [1.29, 1.82) is 0 Å². The summed E-state index contributed by atoms with van der Waals surface area (Å²) >= 11 is 0. The van der Waals surface area contributed by atoms with E-state index < -0.39 is 5.91 Å². The Balaban J connectivity index is 0. The SMILES string of the molecule is C=C(C)C(N)=O.C=C(CCCCCCCCCCCCCCCCCC)C(=O)OC. The highest BCUT2D eigenvalue weighted by Crippen LogP contribution is 2.15. The molecule has 0 aromatic carbocycles. The zero-order valence-electron chi connectivity index (χ0n) is 20.2. The highest BCUT2D eigenvalue weighted by atomic mass is 16.5. The normalized spacial score (nSPS) is 10.1. The van der Waals surface area contributed by atoms with E-state index in [-0.39, 0.29) is 5.97 Å². The minimum atomic E-state index is -0.435. The quantitative estimate of drug-likeness (QED) is 0.133. The number of carbonyl (C=O) groups is 2. The first kappa shape index (κ1) is 30.6. The molecule has 0 atom stereocenters. The fraction of sp³-hybridized carbons (Fsp3) is 0.769. The lowest BCUT2D eigenvalue weighted by molar-refractivity contribution is -0.136. The molecule has 0 saturated heterocycles. The molecule has 0 fully saturated rings. The van der Waals surface area contributed by atoms with E-state index >= 15 is 0 Å². The highest BCUT2D eigenvalue weighted by molar-refractivity contribution is 5.90. The van der Waals surface area contributed by atoms with Crippen LogP contribution in [0.2, 0.25) is 0 Å². The molecule has 1 amide bonds. The van der Waals surface area contributed by atoms with Gasteiger partial charge in [-0.05, 0) is 19.8 Å². The molecule has 0 aromatic rings. The highest BCUT2D eigenvalue weighted by Gasteiger charge is 2.05. The van der Waals surface area contributed by atoms with Gasteiger partial charge in [0.25, 0.3) is 0 Å². The lowest BCUT2D eigenvalue weighted by Gasteiger charge is -2.04. The zero-order valence-corrected chi connectivity index (χ0v) is 20.2. The molecule has 2 N–H and O–H groups in total. The Bertz CT molecular complexity index is 445. The van der Waals surface area contributed by atoms with Crippen LogP contribution in [-0.2, 0) is 14.3 Å². The first-order valence-electron chi connectivity index (χ1n) is 12.1. The first-order valence-corrected chi connectivity index (χ1v) is 12.1. The number of nitrogens with two attached hydrogens (primary N) is 1. The summed E-state index contributed by atoms with van der Waals surface area (Å²) in [5, 5.41) is 0. The molecule has 0 rings (SSSR count). The van der Waals surface area contributed by atoms with Crippen LogP contribution in [0.3, 0.4) is 0 Å². The average molecular weight is 424 g/mol. The molecule has 0 aromatic heterocycles. The van der Waals surface area contributed by atoms with Gasteiger partial charge in [-0.2, -0.15) is 0 Å².